The number of ether oxygens (including phenoxy) is 1. The number of hydrogen-bond acceptors (Lipinski definition) is 7. The molecule has 1 N–H and O–H groups in total. The fourth-order valence-corrected chi connectivity index (χ4v) is 4.26. The quantitative estimate of drug-likeness (QED) is 0.568. The molecule has 1 aliphatic heterocycles. The summed E-state index contributed by atoms with van der Waals surface area (Å²) in [6, 6.07) is 1.78. The molecule has 2 heterocycles. The molecule has 0 spiro atoms. The molecule has 0 atom stereocenters. The Morgan fingerprint density at radius 1 is 1.46 bits per heavy atom. The van der Waals surface area contributed by atoms with Gasteiger partial charge in [0.15, 0.2) is 6.61 Å². The molecule has 0 aromatic carbocycles. The predicted octanol–water partition coefficient (Wildman–Crippen LogP) is 1.75. The number of thiophene rings is 1. The van der Waals surface area contributed by atoms with Crippen molar-refractivity contribution in [3.8, 4) is 0 Å². The van der Waals surface area contributed by atoms with Gasteiger partial charge in [-0.25, -0.2) is 4.79 Å². The fraction of sp³-hybridized carbons (Fsp3) is 0.467. The van der Waals surface area contributed by atoms with Gasteiger partial charge in [-0.1, -0.05) is 30.9 Å². The second kappa shape index (κ2) is 8.59. The summed E-state index contributed by atoms with van der Waals surface area (Å²) in [5.41, 5.74) is 1.06. The number of amides is 2. The molecule has 0 saturated carbocycles. The molecule has 130 valence electrons. The SMILES string of the molecule is CCc1sc(C(=O)OCC(=O)NCCN2C(=O)CSC2=S)cc1C. The number of esters is 1. The molecule has 2 rings (SSSR count). The Bertz CT molecular complexity index is 656. The van der Waals surface area contributed by atoms with Crippen LogP contribution in [0.25, 0.3) is 0 Å². The molecule has 0 aliphatic carbocycles. The molecule has 1 aromatic rings. The molecule has 0 radical (unpaired) electrons. The number of hydrogen-bond donors (Lipinski definition) is 1. The Morgan fingerprint density at radius 2 is 2.21 bits per heavy atom. The zero-order chi connectivity index (χ0) is 17.7. The minimum absolute atomic E-state index is 0.0505. The molecular formula is C15H18N2O4S3. The van der Waals surface area contributed by atoms with E-state index in [-0.39, 0.29) is 19.1 Å². The van der Waals surface area contributed by atoms with Gasteiger partial charge in [-0.15, -0.1) is 11.3 Å². The lowest BCUT2D eigenvalue weighted by atomic mass is 10.2. The molecule has 1 saturated heterocycles. The highest BCUT2D eigenvalue weighted by Gasteiger charge is 2.26. The van der Waals surface area contributed by atoms with E-state index in [2.05, 4.69) is 5.32 Å². The Balaban J connectivity index is 1.71. The van der Waals surface area contributed by atoms with Gasteiger partial charge in [0, 0.05) is 18.0 Å². The lowest BCUT2D eigenvalue weighted by molar-refractivity contribution is -0.126. The molecule has 2 amide bonds. The lowest BCUT2D eigenvalue weighted by Gasteiger charge is -2.14. The maximum Gasteiger partial charge on any atom is 0.348 e. The summed E-state index contributed by atoms with van der Waals surface area (Å²) in [6.07, 6.45) is 0.861. The maximum absolute atomic E-state index is 11.9. The van der Waals surface area contributed by atoms with Crippen LogP contribution < -0.4 is 5.32 Å². The maximum atomic E-state index is 11.9. The number of thioether (sulfide) groups is 1. The molecule has 24 heavy (non-hydrogen) atoms. The van der Waals surface area contributed by atoms with Crippen LogP contribution in [0.1, 0.15) is 27.0 Å². The van der Waals surface area contributed by atoms with Crippen molar-refractivity contribution in [3.63, 3.8) is 0 Å². The van der Waals surface area contributed by atoms with Crippen molar-refractivity contribution in [2.75, 3.05) is 25.4 Å². The van der Waals surface area contributed by atoms with Crippen LogP contribution in [0, 0.1) is 6.92 Å². The van der Waals surface area contributed by atoms with Crippen molar-refractivity contribution in [1.82, 2.24) is 10.2 Å². The van der Waals surface area contributed by atoms with Crippen LogP contribution in [0.2, 0.25) is 0 Å². The van der Waals surface area contributed by atoms with E-state index in [1.165, 1.54) is 28.0 Å². The van der Waals surface area contributed by atoms with Gasteiger partial charge < -0.3 is 10.1 Å². The Kier molecular flexibility index (Phi) is 6.76. The summed E-state index contributed by atoms with van der Waals surface area (Å²) < 4.78 is 5.54. The molecule has 0 unspecified atom stereocenters. The minimum atomic E-state index is -0.495. The van der Waals surface area contributed by atoms with Crippen LogP contribution in [0.4, 0.5) is 0 Å². The molecule has 9 heteroatoms. The van der Waals surface area contributed by atoms with E-state index in [9.17, 15) is 14.4 Å². The van der Waals surface area contributed by atoms with Crippen LogP contribution in [0.5, 0.6) is 0 Å². The van der Waals surface area contributed by atoms with E-state index in [0.717, 1.165) is 16.9 Å². The number of thiocarbonyl (C=S) groups is 1. The normalized spacial score (nSPS) is 14.2. The van der Waals surface area contributed by atoms with Gasteiger partial charge in [0.05, 0.1) is 5.75 Å². The number of nitrogens with one attached hydrogen (secondary N) is 1. The Morgan fingerprint density at radius 3 is 2.79 bits per heavy atom. The molecular weight excluding hydrogens is 368 g/mol. The van der Waals surface area contributed by atoms with E-state index in [0.29, 0.717) is 21.5 Å². The number of carbonyl (C=O) groups excluding carboxylic acids is 3. The molecule has 6 nitrogen and oxygen atoms in total. The average molecular weight is 387 g/mol. The highest BCUT2D eigenvalue weighted by molar-refractivity contribution is 8.23. The summed E-state index contributed by atoms with van der Waals surface area (Å²) in [5.74, 6) is -0.599. The summed E-state index contributed by atoms with van der Waals surface area (Å²) in [4.78, 5) is 38.3. The van der Waals surface area contributed by atoms with Gasteiger partial charge in [0.2, 0.25) is 5.91 Å². The predicted molar refractivity (Wildman–Crippen MR) is 98.5 cm³/mol. The monoisotopic (exact) mass is 386 g/mol. The minimum Gasteiger partial charge on any atom is -0.451 e. The number of nitrogens with zero attached hydrogens (tertiary/aromatic N) is 1. The lowest BCUT2D eigenvalue weighted by Crippen LogP contribution is -2.38. The molecule has 0 bridgehead atoms. The number of aryl methyl sites for hydroxylation is 2. The average Bonchev–Trinajstić information content (AvgIpc) is 3.09. The van der Waals surface area contributed by atoms with Crippen molar-refractivity contribution in [3.05, 3.63) is 21.4 Å². The van der Waals surface area contributed by atoms with Gasteiger partial charge in [0.1, 0.15) is 9.20 Å². The van der Waals surface area contributed by atoms with Crippen molar-refractivity contribution in [1.29, 1.82) is 0 Å². The first kappa shape index (κ1) is 18.9. The molecule has 1 fully saturated rings. The van der Waals surface area contributed by atoms with Crippen LogP contribution in [-0.4, -0.2) is 52.5 Å². The van der Waals surface area contributed by atoms with Crippen molar-refractivity contribution < 1.29 is 19.1 Å². The van der Waals surface area contributed by atoms with Crippen LogP contribution in [0.3, 0.4) is 0 Å². The first-order chi connectivity index (χ1) is 11.4. The molecule has 1 aromatic heterocycles. The highest BCUT2D eigenvalue weighted by atomic mass is 32.2. The Hall–Kier alpha value is -1.45. The third-order valence-corrected chi connectivity index (χ3v) is 6.17. The smallest absolute Gasteiger partial charge is 0.348 e. The van der Waals surface area contributed by atoms with Crippen LogP contribution >= 0.6 is 35.3 Å². The zero-order valence-electron chi connectivity index (χ0n) is 13.4. The first-order valence-electron chi connectivity index (χ1n) is 7.42. The largest absolute Gasteiger partial charge is 0.451 e. The van der Waals surface area contributed by atoms with Crippen LogP contribution in [0.15, 0.2) is 6.07 Å². The standard InChI is InChI=1S/C15H18N2O4S3/c1-3-10-9(2)6-11(24-10)14(20)21-7-12(18)16-4-5-17-13(19)8-23-15(17)22/h6H,3-5,7-8H2,1-2H3,(H,16,18). The van der Waals surface area contributed by atoms with Gasteiger partial charge in [-0.3, -0.25) is 14.5 Å². The second-order valence-electron chi connectivity index (χ2n) is 5.10. The van der Waals surface area contributed by atoms with E-state index in [4.69, 9.17) is 17.0 Å². The summed E-state index contributed by atoms with van der Waals surface area (Å²) in [5, 5.41) is 2.61. The first-order valence-corrected chi connectivity index (χ1v) is 9.63. The summed E-state index contributed by atoms with van der Waals surface area (Å²) in [7, 11) is 0. The second-order valence-corrected chi connectivity index (χ2v) is 7.84. The fourth-order valence-electron chi connectivity index (χ4n) is 2.13. The van der Waals surface area contributed by atoms with E-state index in [1.54, 1.807) is 6.07 Å². The van der Waals surface area contributed by atoms with Gasteiger partial charge in [0.25, 0.3) is 5.91 Å². The summed E-state index contributed by atoms with van der Waals surface area (Å²) >= 11 is 7.75. The third kappa shape index (κ3) is 4.78. The van der Waals surface area contributed by atoms with E-state index < -0.39 is 11.9 Å². The third-order valence-electron chi connectivity index (χ3n) is 3.38. The van der Waals surface area contributed by atoms with Crippen LogP contribution in [-0.2, 0) is 20.7 Å². The Labute approximate surface area is 153 Å². The van der Waals surface area contributed by atoms with Crippen molar-refractivity contribution in [2.24, 2.45) is 0 Å². The van der Waals surface area contributed by atoms with Gasteiger partial charge in [-0.05, 0) is 25.0 Å². The van der Waals surface area contributed by atoms with Crippen molar-refractivity contribution in [2.45, 2.75) is 20.3 Å². The van der Waals surface area contributed by atoms with Gasteiger partial charge in [-0.2, -0.15) is 0 Å². The van der Waals surface area contributed by atoms with E-state index >= 15 is 0 Å². The highest BCUT2D eigenvalue weighted by Crippen LogP contribution is 2.23. The number of carbonyl (C=O) groups is 3. The topological polar surface area (TPSA) is 75.7 Å². The molecule has 1 aliphatic rings. The summed E-state index contributed by atoms with van der Waals surface area (Å²) in [6.45, 7) is 4.22. The van der Waals surface area contributed by atoms with E-state index in [1.807, 2.05) is 13.8 Å². The number of rotatable bonds is 7. The van der Waals surface area contributed by atoms with Crippen molar-refractivity contribution >= 4 is 57.4 Å². The zero-order valence-corrected chi connectivity index (χ0v) is 15.9. The van der Waals surface area contributed by atoms with Gasteiger partial charge >= 0.3 is 5.97 Å².